The molecule has 0 aliphatic rings. The van der Waals surface area contributed by atoms with Crippen molar-refractivity contribution in [1.29, 1.82) is 0 Å². The van der Waals surface area contributed by atoms with E-state index in [1.165, 1.54) is 31.1 Å². The van der Waals surface area contributed by atoms with E-state index in [0.717, 1.165) is 14.2 Å². The van der Waals surface area contributed by atoms with E-state index in [1.807, 2.05) is 33.8 Å². The van der Waals surface area contributed by atoms with Crippen LogP contribution in [0.1, 0.15) is 50.8 Å². The van der Waals surface area contributed by atoms with Crippen molar-refractivity contribution in [3.63, 3.8) is 0 Å². The van der Waals surface area contributed by atoms with E-state index >= 15 is 0 Å². The Morgan fingerprint density at radius 1 is 1.03 bits per heavy atom. The summed E-state index contributed by atoms with van der Waals surface area (Å²) >= 11 is 0. The van der Waals surface area contributed by atoms with Crippen molar-refractivity contribution < 1.29 is 22.4 Å². The largest absolute Gasteiger partial charge is 0.350 e. The number of aryl methyl sites for hydroxylation is 2. The lowest BCUT2D eigenvalue weighted by molar-refractivity contribution is -0.141. The molecule has 0 aliphatic heterocycles. The second-order valence-electron chi connectivity index (χ2n) is 10.4. The summed E-state index contributed by atoms with van der Waals surface area (Å²) in [6, 6.07) is 10.2. The van der Waals surface area contributed by atoms with Crippen LogP contribution in [0.5, 0.6) is 0 Å². The molecule has 0 radical (unpaired) electrons. The molecule has 0 heterocycles. The van der Waals surface area contributed by atoms with Crippen LogP contribution in [0.2, 0.25) is 0 Å². The van der Waals surface area contributed by atoms with Crippen molar-refractivity contribution in [3.05, 3.63) is 65.0 Å². The number of amides is 2. The molecule has 204 valence electrons. The predicted octanol–water partition coefficient (Wildman–Crippen LogP) is 3.78. The average molecular weight is 535 g/mol. The molecule has 37 heavy (non-hydrogen) atoms. The summed E-state index contributed by atoms with van der Waals surface area (Å²) in [7, 11) is -1.25. The number of nitrogens with one attached hydrogen (secondary N) is 1. The molecule has 0 spiro atoms. The Morgan fingerprint density at radius 3 is 2.14 bits per heavy atom. The molecule has 2 aromatic rings. The lowest BCUT2D eigenvalue weighted by atomic mass is 10.1. The quantitative estimate of drug-likeness (QED) is 0.502. The fourth-order valence-electron chi connectivity index (χ4n) is 3.85. The number of nitrogens with zero attached hydrogens (tertiary/aromatic N) is 3. The SMILES string of the molecule is CCC(C(=O)NC(C)(C)C)N(Cc1ccc(F)cc1)C(=O)CN(c1cc(C)ccc1C)S(=O)(=O)N(C)C. The topological polar surface area (TPSA) is 90.0 Å². The zero-order valence-corrected chi connectivity index (χ0v) is 23.8. The van der Waals surface area contributed by atoms with E-state index in [1.54, 1.807) is 38.1 Å². The summed E-state index contributed by atoms with van der Waals surface area (Å²) in [5, 5.41) is 2.92. The van der Waals surface area contributed by atoms with Crippen molar-refractivity contribution in [3.8, 4) is 0 Å². The Bertz CT molecular complexity index is 1210. The molecule has 1 N–H and O–H groups in total. The molecule has 0 aliphatic carbocycles. The molecule has 0 fully saturated rings. The Hall–Kier alpha value is -2.98. The zero-order chi connectivity index (χ0) is 28.1. The number of hydrogen-bond donors (Lipinski definition) is 1. The minimum Gasteiger partial charge on any atom is -0.350 e. The number of benzene rings is 2. The monoisotopic (exact) mass is 534 g/mol. The van der Waals surface area contributed by atoms with Gasteiger partial charge in [0, 0.05) is 26.2 Å². The third-order valence-corrected chi connectivity index (χ3v) is 7.61. The first kappa shape index (κ1) is 30.2. The van der Waals surface area contributed by atoms with Gasteiger partial charge in [0.25, 0.3) is 0 Å². The van der Waals surface area contributed by atoms with Crippen LogP contribution < -0.4 is 9.62 Å². The molecule has 0 saturated carbocycles. The van der Waals surface area contributed by atoms with E-state index < -0.39 is 40.1 Å². The van der Waals surface area contributed by atoms with Gasteiger partial charge in [0.15, 0.2) is 0 Å². The van der Waals surface area contributed by atoms with Gasteiger partial charge in [0.2, 0.25) is 11.8 Å². The molecular weight excluding hydrogens is 495 g/mol. The summed E-state index contributed by atoms with van der Waals surface area (Å²) < 4.78 is 42.4. The normalized spacial score (nSPS) is 12.8. The molecule has 10 heteroatoms. The predicted molar refractivity (Wildman–Crippen MR) is 145 cm³/mol. The third-order valence-electron chi connectivity index (χ3n) is 5.80. The number of carbonyl (C=O) groups is 2. The minimum absolute atomic E-state index is 0.0117. The fraction of sp³-hybridized carbons (Fsp3) is 0.481. The first-order valence-corrected chi connectivity index (χ1v) is 13.6. The number of rotatable bonds is 10. The van der Waals surface area contributed by atoms with E-state index in [9.17, 15) is 22.4 Å². The van der Waals surface area contributed by atoms with Gasteiger partial charge in [-0.25, -0.2) is 8.70 Å². The van der Waals surface area contributed by atoms with Crippen LogP contribution in [-0.4, -0.2) is 61.7 Å². The Morgan fingerprint density at radius 2 is 1.62 bits per heavy atom. The fourth-order valence-corrected chi connectivity index (χ4v) is 4.96. The van der Waals surface area contributed by atoms with Gasteiger partial charge in [-0.1, -0.05) is 31.2 Å². The van der Waals surface area contributed by atoms with Gasteiger partial charge in [-0.2, -0.15) is 12.7 Å². The second kappa shape index (κ2) is 12.0. The highest BCUT2D eigenvalue weighted by Crippen LogP contribution is 2.26. The Kier molecular flexibility index (Phi) is 9.84. The van der Waals surface area contributed by atoms with Gasteiger partial charge < -0.3 is 10.2 Å². The molecule has 0 saturated heterocycles. The number of halogens is 1. The summed E-state index contributed by atoms with van der Waals surface area (Å²) in [6.45, 7) is 10.4. The Labute approximate surface area is 220 Å². The van der Waals surface area contributed by atoms with Crippen LogP contribution in [-0.2, 0) is 26.3 Å². The van der Waals surface area contributed by atoms with Gasteiger partial charge in [-0.05, 0) is 75.9 Å². The lowest BCUT2D eigenvalue weighted by Crippen LogP contribution is -2.55. The highest BCUT2D eigenvalue weighted by Gasteiger charge is 2.35. The van der Waals surface area contributed by atoms with E-state index in [4.69, 9.17) is 0 Å². The van der Waals surface area contributed by atoms with Crippen molar-refractivity contribution >= 4 is 27.7 Å². The minimum atomic E-state index is -4.05. The van der Waals surface area contributed by atoms with Crippen LogP contribution in [0, 0.1) is 19.7 Å². The first-order chi connectivity index (χ1) is 17.1. The van der Waals surface area contributed by atoms with Gasteiger partial charge in [0.05, 0.1) is 5.69 Å². The van der Waals surface area contributed by atoms with Crippen molar-refractivity contribution in [2.75, 3.05) is 24.9 Å². The van der Waals surface area contributed by atoms with Crippen LogP contribution in [0.15, 0.2) is 42.5 Å². The maximum atomic E-state index is 13.9. The summed E-state index contributed by atoms with van der Waals surface area (Å²) in [6.07, 6.45) is 0.304. The molecule has 2 aromatic carbocycles. The molecule has 0 aromatic heterocycles. The van der Waals surface area contributed by atoms with Crippen LogP contribution in [0.25, 0.3) is 0 Å². The summed E-state index contributed by atoms with van der Waals surface area (Å²) in [5.74, 6) is -1.32. The van der Waals surface area contributed by atoms with E-state index in [0.29, 0.717) is 23.2 Å². The number of anilines is 1. The van der Waals surface area contributed by atoms with E-state index in [-0.39, 0.29) is 12.5 Å². The van der Waals surface area contributed by atoms with Crippen LogP contribution in [0.3, 0.4) is 0 Å². The molecule has 8 nitrogen and oxygen atoms in total. The van der Waals surface area contributed by atoms with Crippen molar-refractivity contribution in [2.45, 2.75) is 66.1 Å². The molecule has 1 unspecified atom stereocenters. The second-order valence-corrected chi connectivity index (χ2v) is 12.5. The van der Waals surface area contributed by atoms with Crippen molar-refractivity contribution in [2.24, 2.45) is 0 Å². The zero-order valence-electron chi connectivity index (χ0n) is 23.0. The summed E-state index contributed by atoms with van der Waals surface area (Å²) in [4.78, 5) is 28.5. The Balaban J connectivity index is 2.57. The van der Waals surface area contributed by atoms with Gasteiger partial charge in [-0.15, -0.1) is 0 Å². The van der Waals surface area contributed by atoms with Crippen LogP contribution >= 0.6 is 0 Å². The van der Waals surface area contributed by atoms with Gasteiger partial charge in [0.1, 0.15) is 18.4 Å². The van der Waals surface area contributed by atoms with Gasteiger partial charge in [-0.3, -0.25) is 9.59 Å². The van der Waals surface area contributed by atoms with Crippen molar-refractivity contribution in [1.82, 2.24) is 14.5 Å². The average Bonchev–Trinajstić information content (AvgIpc) is 2.78. The van der Waals surface area contributed by atoms with E-state index in [2.05, 4.69) is 5.32 Å². The molecule has 2 rings (SSSR count). The van der Waals surface area contributed by atoms with Gasteiger partial charge >= 0.3 is 10.2 Å². The third kappa shape index (κ3) is 8.00. The molecule has 0 bridgehead atoms. The highest BCUT2D eigenvalue weighted by molar-refractivity contribution is 7.90. The number of hydrogen-bond acceptors (Lipinski definition) is 4. The first-order valence-electron chi connectivity index (χ1n) is 12.2. The number of carbonyl (C=O) groups excluding carboxylic acids is 2. The lowest BCUT2D eigenvalue weighted by Gasteiger charge is -2.35. The maximum absolute atomic E-state index is 13.9. The standard InChI is InChI=1S/C27H39FN4O4S/c1-9-23(26(34)29-27(4,5)6)31(17-21-12-14-22(28)15-13-21)25(33)18-32(37(35,36)30(7)8)24-16-19(2)10-11-20(24)3/h10-16,23H,9,17-18H2,1-8H3,(H,29,34). The maximum Gasteiger partial charge on any atom is 0.304 e. The summed E-state index contributed by atoms with van der Waals surface area (Å²) in [5.41, 5.74) is 1.99. The smallest absolute Gasteiger partial charge is 0.304 e. The van der Waals surface area contributed by atoms with Crippen LogP contribution in [0.4, 0.5) is 10.1 Å². The molecule has 1 atom stereocenters. The highest BCUT2D eigenvalue weighted by atomic mass is 32.2. The molecule has 2 amide bonds. The molecular formula is C27H39FN4O4S.